The first-order valence-corrected chi connectivity index (χ1v) is 4.05. The molecule has 76 valence electrons. The summed E-state index contributed by atoms with van der Waals surface area (Å²) in [6, 6.07) is 3.27. The number of carbonyl (C=O) groups is 1. The van der Waals surface area contributed by atoms with Crippen LogP contribution in [0.3, 0.4) is 0 Å². The molecule has 0 fully saturated rings. The van der Waals surface area contributed by atoms with Crippen LogP contribution in [0.5, 0.6) is 5.75 Å². The highest BCUT2D eigenvalue weighted by Gasteiger charge is 2.13. The predicted molar refractivity (Wildman–Crippen MR) is 55.5 cm³/mol. The van der Waals surface area contributed by atoms with Gasteiger partial charge in [-0.15, -0.1) is 0 Å². The minimum absolute atomic E-state index is 0.275. The molecule has 0 radical (unpaired) electrons. The molecule has 1 rings (SSSR count). The quantitative estimate of drug-likeness (QED) is 0.609. The van der Waals surface area contributed by atoms with Crippen LogP contribution in [0.25, 0.3) is 0 Å². The van der Waals surface area contributed by atoms with E-state index in [-0.39, 0.29) is 5.56 Å². The van der Waals surface area contributed by atoms with Crippen LogP contribution in [0.2, 0.25) is 0 Å². The summed E-state index contributed by atoms with van der Waals surface area (Å²) in [5, 5.41) is 2.87. The Morgan fingerprint density at radius 3 is 2.57 bits per heavy atom. The standard InChI is InChI=1S/C9H13N3O2/c1-12-5-3-6(9(11)13)8(14-2)7(10)4-5/h3-4,12H,10H2,1-2H3,(H2,11,13). The third-order valence-electron chi connectivity index (χ3n) is 1.88. The van der Waals surface area contributed by atoms with Gasteiger partial charge in [0.25, 0.3) is 5.91 Å². The molecule has 0 saturated heterocycles. The van der Waals surface area contributed by atoms with Gasteiger partial charge < -0.3 is 21.5 Å². The van der Waals surface area contributed by atoms with E-state index in [1.54, 1.807) is 19.2 Å². The van der Waals surface area contributed by atoms with Crippen LogP contribution in [-0.4, -0.2) is 20.1 Å². The van der Waals surface area contributed by atoms with Crippen LogP contribution in [0, 0.1) is 0 Å². The molecule has 1 aromatic carbocycles. The highest BCUT2D eigenvalue weighted by Crippen LogP contribution is 2.29. The summed E-state index contributed by atoms with van der Waals surface area (Å²) in [4.78, 5) is 11.1. The predicted octanol–water partition coefficient (Wildman–Crippen LogP) is 0.418. The van der Waals surface area contributed by atoms with E-state index in [4.69, 9.17) is 16.2 Å². The van der Waals surface area contributed by atoms with Gasteiger partial charge in [0.05, 0.1) is 18.4 Å². The number of nitrogens with two attached hydrogens (primary N) is 2. The summed E-state index contributed by atoms with van der Waals surface area (Å²) in [6.45, 7) is 0. The number of methoxy groups -OCH3 is 1. The maximum Gasteiger partial charge on any atom is 0.252 e. The average Bonchev–Trinajstić information content (AvgIpc) is 2.16. The zero-order chi connectivity index (χ0) is 10.7. The Balaban J connectivity index is 3.35. The van der Waals surface area contributed by atoms with Crippen molar-refractivity contribution in [2.24, 2.45) is 5.73 Å². The fourth-order valence-electron chi connectivity index (χ4n) is 1.21. The van der Waals surface area contributed by atoms with E-state index < -0.39 is 5.91 Å². The van der Waals surface area contributed by atoms with E-state index in [0.29, 0.717) is 11.4 Å². The van der Waals surface area contributed by atoms with Crippen molar-refractivity contribution in [1.82, 2.24) is 0 Å². The molecule has 1 aromatic rings. The number of ether oxygens (including phenoxy) is 1. The molecule has 0 aliphatic carbocycles. The zero-order valence-corrected chi connectivity index (χ0v) is 8.13. The van der Waals surface area contributed by atoms with Gasteiger partial charge >= 0.3 is 0 Å². The van der Waals surface area contributed by atoms with E-state index in [1.165, 1.54) is 7.11 Å². The molecule has 0 saturated carbocycles. The largest absolute Gasteiger partial charge is 0.494 e. The number of nitrogen functional groups attached to an aromatic ring is 1. The van der Waals surface area contributed by atoms with Crippen LogP contribution in [0.1, 0.15) is 10.4 Å². The van der Waals surface area contributed by atoms with Crippen molar-refractivity contribution in [2.45, 2.75) is 0 Å². The fourth-order valence-corrected chi connectivity index (χ4v) is 1.21. The molecule has 1 amide bonds. The molecule has 14 heavy (non-hydrogen) atoms. The number of benzene rings is 1. The number of hydrogen-bond donors (Lipinski definition) is 3. The number of rotatable bonds is 3. The van der Waals surface area contributed by atoms with Gasteiger partial charge in [-0.05, 0) is 12.1 Å². The van der Waals surface area contributed by atoms with E-state index in [1.807, 2.05) is 0 Å². The van der Waals surface area contributed by atoms with Gasteiger partial charge in [-0.25, -0.2) is 0 Å². The highest BCUT2D eigenvalue weighted by molar-refractivity contribution is 5.98. The van der Waals surface area contributed by atoms with Crippen molar-refractivity contribution < 1.29 is 9.53 Å². The van der Waals surface area contributed by atoms with E-state index in [0.717, 1.165) is 5.69 Å². The Bertz CT molecular complexity index is 363. The van der Waals surface area contributed by atoms with Crippen molar-refractivity contribution in [1.29, 1.82) is 0 Å². The van der Waals surface area contributed by atoms with E-state index in [9.17, 15) is 4.79 Å². The fraction of sp³-hybridized carbons (Fsp3) is 0.222. The minimum Gasteiger partial charge on any atom is -0.494 e. The Hall–Kier alpha value is -1.91. The summed E-state index contributed by atoms with van der Waals surface area (Å²) in [5.74, 6) is -0.248. The van der Waals surface area contributed by atoms with E-state index in [2.05, 4.69) is 5.32 Å². The third kappa shape index (κ3) is 1.71. The summed E-state index contributed by atoms with van der Waals surface area (Å²) in [6.07, 6.45) is 0. The van der Waals surface area contributed by atoms with Crippen molar-refractivity contribution in [3.05, 3.63) is 17.7 Å². The SMILES string of the molecule is CNc1cc(N)c(OC)c(C(N)=O)c1. The summed E-state index contributed by atoms with van der Waals surface area (Å²) >= 11 is 0. The molecule has 5 heteroatoms. The zero-order valence-electron chi connectivity index (χ0n) is 8.13. The van der Waals surface area contributed by atoms with Gasteiger partial charge in [0.1, 0.15) is 0 Å². The first kappa shape index (κ1) is 10.2. The van der Waals surface area contributed by atoms with Crippen LogP contribution < -0.4 is 21.5 Å². The molecular formula is C9H13N3O2. The maximum absolute atomic E-state index is 11.1. The van der Waals surface area contributed by atoms with Crippen LogP contribution >= 0.6 is 0 Å². The molecule has 0 aliphatic heterocycles. The van der Waals surface area contributed by atoms with Gasteiger partial charge in [0.15, 0.2) is 5.75 Å². The first-order valence-electron chi connectivity index (χ1n) is 4.05. The topological polar surface area (TPSA) is 90.4 Å². The number of hydrogen-bond acceptors (Lipinski definition) is 4. The molecule has 0 atom stereocenters. The minimum atomic E-state index is -0.564. The number of anilines is 2. The smallest absolute Gasteiger partial charge is 0.252 e. The molecule has 0 heterocycles. The van der Waals surface area contributed by atoms with Crippen LogP contribution in [0.4, 0.5) is 11.4 Å². The van der Waals surface area contributed by atoms with E-state index >= 15 is 0 Å². The monoisotopic (exact) mass is 195 g/mol. The van der Waals surface area contributed by atoms with Gasteiger partial charge in [-0.2, -0.15) is 0 Å². The third-order valence-corrected chi connectivity index (χ3v) is 1.88. The average molecular weight is 195 g/mol. The Kier molecular flexibility index (Phi) is 2.81. The molecule has 0 bridgehead atoms. The molecular weight excluding hydrogens is 182 g/mol. The molecule has 0 aliphatic rings. The van der Waals surface area contributed by atoms with Crippen molar-refractivity contribution in [2.75, 3.05) is 25.2 Å². The number of nitrogens with one attached hydrogen (secondary N) is 1. The molecule has 5 N–H and O–H groups in total. The lowest BCUT2D eigenvalue weighted by molar-refractivity contribution is 0.0997. The molecule has 0 spiro atoms. The van der Waals surface area contributed by atoms with Crippen molar-refractivity contribution in [3.8, 4) is 5.75 Å². The lowest BCUT2D eigenvalue weighted by atomic mass is 10.1. The molecule has 0 unspecified atom stereocenters. The normalized spacial score (nSPS) is 9.57. The summed E-state index contributed by atoms with van der Waals surface area (Å²) < 4.78 is 4.98. The number of amides is 1. The Morgan fingerprint density at radius 2 is 2.14 bits per heavy atom. The van der Waals surface area contributed by atoms with Gasteiger partial charge in [0.2, 0.25) is 0 Å². The number of primary amides is 1. The second-order valence-corrected chi connectivity index (χ2v) is 2.76. The maximum atomic E-state index is 11.1. The van der Waals surface area contributed by atoms with Gasteiger partial charge in [-0.1, -0.05) is 0 Å². The van der Waals surface area contributed by atoms with Crippen LogP contribution in [0.15, 0.2) is 12.1 Å². The van der Waals surface area contributed by atoms with Crippen molar-refractivity contribution >= 4 is 17.3 Å². The lowest BCUT2D eigenvalue weighted by Gasteiger charge is -2.11. The summed E-state index contributed by atoms with van der Waals surface area (Å²) in [5.41, 5.74) is 12.2. The van der Waals surface area contributed by atoms with Gasteiger partial charge in [-0.3, -0.25) is 4.79 Å². The molecule has 5 nitrogen and oxygen atoms in total. The van der Waals surface area contributed by atoms with Gasteiger partial charge in [0, 0.05) is 12.7 Å². The lowest BCUT2D eigenvalue weighted by Crippen LogP contribution is -2.14. The Morgan fingerprint density at radius 1 is 1.50 bits per heavy atom. The Labute approximate surface area is 82.0 Å². The highest BCUT2D eigenvalue weighted by atomic mass is 16.5. The summed E-state index contributed by atoms with van der Waals surface area (Å²) in [7, 11) is 3.17. The number of carbonyl (C=O) groups excluding carboxylic acids is 1. The molecule has 0 aromatic heterocycles. The second-order valence-electron chi connectivity index (χ2n) is 2.76. The second kappa shape index (κ2) is 3.87. The van der Waals surface area contributed by atoms with Crippen LogP contribution in [-0.2, 0) is 0 Å². The van der Waals surface area contributed by atoms with Crippen molar-refractivity contribution in [3.63, 3.8) is 0 Å². The first-order chi connectivity index (χ1) is 6.60.